The summed E-state index contributed by atoms with van der Waals surface area (Å²) in [6, 6.07) is 29.4. The molecule has 1 aliphatic rings. The molecule has 0 radical (unpaired) electrons. The van der Waals surface area contributed by atoms with E-state index < -0.39 is 6.29 Å². The SMILES string of the molecule is C[C@@H]1[C@H](CN(C)CCc2ccccn2)O[C@H](c2ccc(CNC(=O)c3cnc4ccccc4n3)cc2)O[C@@H]1c1ccc(CO)cc1. The number of ether oxygens (including phenoxy) is 2. The van der Waals surface area contributed by atoms with Crippen LogP contribution in [-0.4, -0.2) is 57.1 Å². The molecule has 4 atom stereocenters. The van der Waals surface area contributed by atoms with Crippen LogP contribution in [-0.2, 0) is 29.0 Å². The van der Waals surface area contributed by atoms with Gasteiger partial charge in [0.15, 0.2) is 6.29 Å². The number of fused-ring (bicyclic) bond motifs is 1. The van der Waals surface area contributed by atoms with Gasteiger partial charge in [0.25, 0.3) is 5.91 Å². The van der Waals surface area contributed by atoms with Gasteiger partial charge in [-0.3, -0.25) is 14.8 Å². The van der Waals surface area contributed by atoms with Crippen molar-refractivity contribution in [3.8, 4) is 0 Å². The molecule has 0 saturated carbocycles. The first-order chi connectivity index (χ1) is 22.5. The van der Waals surface area contributed by atoms with E-state index in [2.05, 4.69) is 45.2 Å². The van der Waals surface area contributed by atoms with Crippen LogP contribution in [0.1, 0.15) is 57.8 Å². The van der Waals surface area contributed by atoms with Crippen LogP contribution in [0.4, 0.5) is 0 Å². The summed E-state index contributed by atoms with van der Waals surface area (Å²) in [5.74, 6) is -0.193. The zero-order valence-electron chi connectivity index (χ0n) is 26.1. The Morgan fingerprint density at radius 1 is 0.870 bits per heavy atom. The van der Waals surface area contributed by atoms with E-state index in [1.54, 1.807) is 0 Å². The number of nitrogens with one attached hydrogen (secondary N) is 1. The number of pyridine rings is 1. The highest BCUT2D eigenvalue weighted by molar-refractivity contribution is 5.93. The Labute approximate surface area is 269 Å². The molecule has 9 heteroatoms. The van der Waals surface area contributed by atoms with Crippen LogP contribution in [0.2, 0.25) is 0 Å². The van der Waals surface area contributed by atoms with Crippen molar-refractivity contribution in [3.63, 3.8) is 0 Å². The average Bonchev–Trinajstić information content (AvgIpc) is 3.11. The lowest BCUT2D eigenvalue weighted by atomic mass is 9.90. The molecule has 1 amide bonds. The minimum Gasteiger partial charge on any atom is -0.392 e. The number of nitrogens with zero attached hydrogens (tertiary/aromatic N) is 4. The molecular weight excluding hydrogens is 578 g/mol. The number of aromatic nitrogens is 3. The highest BCUT2D eigenvalue weighted by Crippen LogP contribution is 2.41. The monoisotopic (exact) mass is 617 g/mol. The van der Waals surface area contributed by atoms with Crippen molar-refractivity contribution in [3.05, 3.63) is 137 Å². The maximum absolute atomic E-state index is 12.8. The van der Waals surface area contributed by atoms with Gasteiger partial charge in [-0.15, -0.1) is 0 Å². The molecule has 0 unspecified atom stereocenters. The molecule has 1 saturated heterocycles. The van der Waals surface area contributed by atoms with Crippen molar-refractivity contribution in [1.29, 1.82) is 0 Å². The lowest BCUT2D eigenvalue weighted by Gasteiger charge is -2.42. The highest BCUT2D eigenvalue weighted by Gasteiger charge is 2.38. The smallest absolute Gasteiger partial charge is 0.271 e. The predicted octanol–water partition coefficient (Wildman–Crippen LogP) is 5.41. The average molecular weight is 618 g/mol. The van der Waals surface area contributed by atoms with Gasteiger partial charge in [0, 0.05) is 49.4 Å². The fraction of sp³-hybridized carbons (Fsp3) is 0.297. The van der Waals surface area contributed by atoms with E-state index in [9.17, 15) is 9.90 Å². The summed E-state index contributed by atoms with van der Waals surface area (Å²) in [7, 11) is 2.11. The third kappa shape index (κ3) is 7.63. The molecule has 46 heavy (non-hydrogen) atoms. The lowest BCUT2D eigenvalue weighted by Crippen LogP contribution is -2.43. The lowest BCUT2D eigenvalue weighted by molar-refractivity contribution is -0.275. The summed E-state index contributed by atoms with van der Waals surface area (Å²) in [5, 5.41) is 12.5. The zero-order chi connectivity index (χ0) is 31.9. The molecule has 3 heterocycles. The quantitative estimate of drug-likeness (QED) is 0.203. The summed E-state index contributed by atoms with van der Waals surface area (Å²) in [4.78, 5) is 28.3. The van der Waals surface area contributed by atoms with Crippen molar-refractivity contribution in [2.24, 2.45) is 5.92 Å². The number of para-hydroxylation sites is 2. The molecule has 6 rings (SSSR count). The largest absolute Gasteiger partial charge is 0.392 e. The zero-order valence-corrected chi connectivity index (χ0v) is 26.1. The minimum absolute atomic E-state index is 0.000748. The Morgan fingerprint density at radius 2 is 1.59 bits per heavy atom. The molecule has 2 N–H and O–H groups in total. The number of likely N-dealkylation sites (N-methyl/N-ethyl adjacent to an activating group) is 1. The number of hydrogen-bond donors (Lipinski definition) is 2. The minimum atomic E-state index is -0.565. The Balaban J connectivity index is 1.13. The molecule has 0 spiro atoms. The number of rotatable bonds is 11. The van der Waals surface area contributed by atoms with Gasteiger partial charge in [-0.1, -0.05) is 73.7 Å². The molecule has 0 aliphatic carbocycles. The van der Waals surface area contributed by atoms with Gasteiger partial charge in [0.05, 0.1) is 36.0 Å². The maximum Gasteiger partial charge on any atom is 0.271 e. The first-order valence-corrected chi connectivity index (χ1v) is 15.6. The van der Waals surface area contributed by atoms with Crippen LogP contribution >= 0.6 is 0 Å². The van der Waals surface area contributed by atoms with Gasteiger partial charge in [0.2, 0.25) is 0 Å². The van der Waals surface area contributed by atoms with Crippen LogP contribution in [0, 0.1) is 5.92 Å². The molecule has 3 aromatic carbocycles. The third-order valence-corrected chi connectivity index (χ3v) is 8.48. The summed E-state index contributed by atoms with van der Waals surface area (Å²) < 4.78 is 13.2. The van der Waals surface area contributed by atoms with Crippen LogP contribution in [0.3, 0.4) is 0 Å². The number of hydrogen-bond acceptors (Lipinski definition) is 8. The van der Waals surface area contributed by atoms with E-state index in [4.69, 9.17) is 9.47 Å². The van der Waals surface area contributed by atoms with Gasteiger partial charge in [-0.25, -0.2) is 4.98 Å². The number of carbonyl (C=O) groups excluding carboxylic acids is 1. The van der Waals surface area contributed by atoms with Crippen molar-refractivity contribution >= 4 is 16.9 Å². The van der Waals surface area contributed by atoms with E-state index in [1.807, 2.05) is 91.1 Å². The van der Waals surface area contributed by atoms with Crippen molar-refractivity contribution in [1.82, 2.24) is 25.2 Å². The number of amides is 1. The number of benzene rings is 3. The van der Waals surface area contributed by atoms with Crippen LogP contribution in [0.5, 0.6) is 0 Å². The van der Waals surface area contributed by atoms with Crippen molar-refractivity contribution in [2.75, 3.05) is 20.1 Å². The second-order valence-electron chi connectivity index (χ2n) is 11.8. The summed E-state index contributed by atoms with van der Waals surface area (Å²) in [6.45, 7) is 4.11. The number of carbonyl (C=O) groups is 1. The molecule has 9 nitrogen and oxygen atoms in total. The highest BCUT2D eigenvalue weighted by atomic mass is 16.7. The molecule has 1 fully saturated rings. The van der Waals surface area contributed by atoms with E-state index in [-0.39, 0.29) is 36.3 Å². The fourth-order valence-electron chi connectivity index (χ4n) is 5.71. The molecule has 1 aliphatic heterocycles. The second-order valence-corrected chi connectivity index (χ2v) is 11.8. The van der Waals surface area contributed by atoms with E-state index in [0.717, 1.165) is 53.0 Å². The van der Waals surface area contributed by atoms with Gasteiger partial charge < -0.3 is 24.8 Å². The molecule has 2 aromatic heterocycles. The van der Waals surface area contributed by atoms with Crippen LogP contribution in [0.25, 0.3) is 11.0 Å². The van der Waals surface area contributed by atoms with Gasteiger partial charge >= 0.3 is 0 Å². The van der Waals surface area contributed by atoms with E-state index >= 15 is 0 Å². The summed E-state index contributed by atoms with van der Waals surface area (Å²) in [5.41, 5.74) is 6.54. The third-order valence-electron chi connectivity index (χ3n) is 8.48. The summed E-state index contributed by atoms with van der Waals surface area (Å²) in [6.07, 6.45) is 3.34. The predicted molar refractivity (Wildman–Crippen MR) is 176 cm³/mol. The Morgan fingerprint density at radius 3 is 2.33 bits per heavy atom. The fourth-order valence-corrected chi connectivity index (χ4v) is 5.71. The van der Waals surface area contributed by atoms with Gasteiger partial charge in [0.1, 0.15) is 5.69 Å². The first-order valence-electron chi connectivity index (χ1n) is 15.6. The van der Waals surface area contributed by atoms with E-state index in [1.165, 1.54) is 6.20 Å². The van der Waals surface area contributed by atoms with Gasteiger partial charge in [-0.05, 0) is 48.0 Å². The van der Waals surface area contributed by atoms with Crippen molar-refractivity contribution < 1.29 is 19.4 Å². The number of aliphatic hydroxyl groups is 1. The Kier molecular flexibility index (Phi) is 10.0. The maximum atomic E-state index is 12.8. The number of aliphatic hydroxyl groups excluding tert-OH is 1. The standard InChI is InChI=1S/C37H39N5O4/c1-25-34(23-42(2)20-18-30-7-5-6-19-38-30)45-37(46-35(25)28-14-12-27(24-43)13-15-28)29-16-10-26(11-17-29)21-40-36(44)33-22-39-31-8-3-4-9-32(31)41-33/h3-17,19,22,25,34-35,37,43H,18,20-21,23-24H2,1-2H3,(H,40,44)/t25-,34+,35+,37+/m1/s1. The second kappa shape index (κ2) is 14.7. The van der Waals surface area contributed by atoms with Crippen LogP contribution in [0.15, 0.2) is 103 Å². The van der Waals surface area contributed by atoms with Crippen LogP contribution < -0.4 is 5.32 Å². The van der Waals surface area contributed by atoms with Gasteiger partial charge in [-0.2, -0.15) is 0 Å². The Bertz CT molecular complexity index is 1730. The Hall–Kier alpha value is -4.54. The normalized spacial score (nSPS) is 19.7. The van der Waals surface area contributed by atoms with E-state index in [0.29, 0.717) is 12.1 Å². The molecule has 5 aromatic rings. The first kappa shape index (κ1) is 31.4. The molecular formula is C37H39N5O4. The molecule has 236 valence electrons. The van der Waals surface area contributed by atoms with Crippen molar-refractivity contribution in [2.45, 2.75) is 45.0 Å². The topological polar surface area (TPSA) is 110 Å². The molecule has 0 bridgehead atoms. The summed E-state index contributed by atoms with van der Waals surface area (Å²) >= 11 is 0.